The Morgan fingerprint density at radius 3 is 2.70 bits per heavy atom. The van der Waals surface area contributed by atoms with Crippen molar-refractivity contribution in [1.82, 2.24) is 0 Å². The number of ketones is 1. The van der Waals surface area contributed by atoms with E-state index in [2.05, 4.69) is 33.1 Å². The summed E-state index contributed by atoms with van der Waals surface area (Å²) in [6.07, 6.45) is 4.95. The summed E-state index contributed by atoms with van der Waals surface area (Å²) >= 11 is 0. The Balaban J connectivity index is 1.96. The molecule has 0 aromatic heterocycles. The van der Waals surface area contributed by atoms with E-state index >= 15 is 0 Å². The zero-order valence-corrected chi connectivity index (χ0v) is 14.5. The average Bonchev–Trinajstić information content (AvgIpc) is 3.19. The van der Waals surface area contributed by atoms with Gasteiger partial charge < -0.3 is 9.84 Å². The van der Waals surface area contributed by atoms with Gasteiger partial charge in [-0.3, -0.25) is 4.79 Å². The maximum atomic E-state index is 12.9. The molecule has 3 rings (SSSR count). The molecule has 5 atom stereocenters. The van der Waals surface area contributed by atoms with Crippen molar-refractivity contribution in [3.05, 3.63) is 36.0 Å². The number of carbonyl (C=O) groups excluding carboxylic acids is 1. The average molecular weight is 316 g/mol. The van der Waals surface area contributed by atoms with Gasteiger partial charge in [0.05, 0.1) is 6.10 Å². The molecule has 2 aliphatic carbocycles. The Morgan fingerprint density at radius 2 is 2.00 bits per heavy atom. The molecule has 1 saturated heterocycles. The molecule has 23 heavy (non-hydrogen) atoms. The number of carbonyl (C=O) groups is 1. The predicted molar refractivity (Wildman–Crippen MR) is 91.0 cm³/mol. The summed E-state index contributed by atoms with van der Waals surface area (Å²) in [6.45, 7) is 14.7. The van der Waals surface area contributed by atoms with E-state index in [9.17, 15) is 9.90 Å². The molecule has 1 aliphatic heterocycles. The number of rotatable bonds is 0. The maximum Gasteiger partial charge on any atom is 0.194 e. The normalized spacial score (nSPS) is 44.8. The molecule has 0 aromatic carbocycles. The van der Waals surface area contributed by atoms with Crippen LogP contribution in [-0.4, -0.2) is 28.7 Å². The van der Waals surface area contributed by atoms with E-state index in [1.807, 2.05) is 6.92 Å². The lowest BCUT2D eigenvalue weighted by Crippen LogP contribution is -2.35. The van der Waals surface area contributed by atoms with Crippen LogP contribution in [0, 0.1) is 11.3 Å². The zero-order chi connectivity index (χ0) is 17.0. The third-order valence-corrected chi connectivity index (χ3v) is 6.52. The lowest BCUT2D eigenvalue weighted by molar-refractivity contribution is -0.116. The van der Waals surface area contributed by atoms with Crippen LogP contribution in [0.2, 0.25) is 0 Å². The number of Topliss-reactive ketones (excluding diaryl/α,β-unsaturated/α-hetero) is 1. The fourth-order valence-corrected chi connectivity index (χ4v) is 4.04. The van der Waals surface area contributed by atoms with Crippen LogP contribution >= 0.6 is 0 Å². The van der Waals surface area contributed by atoms with Crippen LogP contribution in [0.25, 0.3) is 0 Å². The minimum atomic E-state index is -0.517. The van der Waals surface area contributed by atoms with Gasteiger partial charge in [-0.05, 0) is 61.5 Å². The molecule has 3 heteroatoms. The van der Waals surface area contributed by atoms with Crippen molar-refractivity contribution in [3.63, 3.8) is 0 Å². The summed E-state index contributed by atoms with van der Waals surface area (Å²) in [5.41, 5.74) is 2.01. The van der Waals surface area contributed by atoms with Gasteiger partial charge in [0.1, 0.15) is 11.7 Å². The van der Waals surface area contributed by atoms with Gasteiger partial charge in [-0.2, -0.15) is 0 Å². The molecule has 1 saturated carbocycles. The molecule has 0 spiro atoms. The van der Waals surface area contributed by atoms with Gasteiger partial charge in [-0.25, -0.2) is 0 Å². The van der Waals surface area contributed by atoms with Crippen LogP contribution in [-0.2, 0) is 9.53 Å². The van der Waals surface area contributed by atoms with Crippen LogP contribution in [0.5, 0.6) is 0 Å². The molecule has 1 N–H and O–H groups in total. The van der Waals surface area contributed by atoms with E-state index < -0.39 is 11.7 Å². The van der Waals surface area contributed by atoms with Crippen molar-refractivity contribution in [3.8, 4) is 0 Å². The molecule has 0 amide bonds. The summed E-state index contributed by atoms with van der Waals surface area (Å²) in [7, 11) is 0. The standard InChI is InChI=1S/C20H28O3/c1-12-8-10-19(4)13(2)6-7-15(14(19)3)17(22)18-20(5,23-18)11-9-16(12)21/h7,13,16,18,21H,1,3,6,8-11H2,2,4-5H3. The van der Waals surface area contributed by atoms with Crippen molar-refractivity contribution >= 4 is 5.78 Å². The van der Waals surface area contributed by atoms with Gasteiger partial charge in [0, 0.05) is 5.57 Å². The Labute approximate surface area is 139 Å². The Hall–Kier alpha value is -1.19. The molecule has 0 radical (unpaired) electrons. The number of aliphatic hydroxyl groups excluding tert-OH is 1. The number of epoxide rings is 1. The lowest BCUT2D eigenvalue weighted by Gasteiger charge is -2.42. The maximum absolute atomic E-state index is 12.9. The molecule has 2 fully saturated rings. The first-order valence-electron chi connectivity index (χ1n) is 8.67. The minimum Gasteiger partial charge on any atom is -0.389 e. The van der Waals surface area contributed by atoms with Gasteiger partial charge in [0.2, 0.25) is 0 Å². The van der Waals surface area contributed by atoms with Crippen LogP contribution < -0.4 is 0 Å². The van der Waals surface area contributed by atoms with Crippen LogP contribution in [0.1, 0.15) is 52.9 Å². The highest BCUT2D eigenvalue weighted by Gasteiger charge is 2.58. The van der Waals surface area contributed by atoms with Crippen LogP contribution in [0.3, 0.4) is 0 Å². The second-order valence-electron chi connectivity index (χ2n) is 8.04. The third kappa shape index (κ3) is 2.64. The van der Waals surface area contributed by atoms with E-state index in [-0.39, 0.29) is 17.3 Å². The van der Waals surface area contributed by atoms with E-state index in [0.717, 1.165) is 36.0 Å². The summed E-state index contributed by atoms with van der Waals surface area (Å²) in [5, 5.41) is 10.3. The smallest absolute Gasteiger partial charge is 0.194 e. The SMILES string of the molecule is C=C1CCC2(C)C(=C)C(=CCC2C)C(=O)C2OC2(C)CCC1O. The highest BCUT2D eigenvalue weighted by Crippen LogP contribution is 2.51. The van der Waals surface area contributed by atoms with Crippen LogP contribution in [0.4, 0.5) is 0 Å². The second kappa shape index (κ2) is 5.42. The fraction of sp³-hybridized carbons (Fsp3) is 0.650. The molecule has 2 bridgehead atoms. The quantitative estimate of drug-likeness (QED) is 0.547. The topological polar surface area (TPSA) is 49.8 Å². The molecule has 5 unspecified atom stereocenters. The number of hydrogen-bond donors (Lipinski definition) is 1. The highest BCUT2D eigenvalue weighted by atomic mass is 16.6. The molecule has 3 nitrogen and oxygen atoms in total. The van der Waals surface area contributed by atoms with E-state index in [1.165, 1.54) is 0 Å². The summed E-state index contributed by atoms with van der Waals surface area (Å²) in [4.78, 5) is 12.9. The Morgan fingerprint density at radius 1 is 1.30 bits per heavy atom. The van der Waals surface area contributed by atoms with Crippen molar-refractivity contribution < 1.29 is 14.6 Å². The van der Waals surface area contributed by atoms with Crippen molar-refractivity contribution in [2.24, 2.45) is 11.3 Å². The third-order valence-electron chi connectivity index (χ3n) is 6.52. The first-order chi connectivity index (χ1) is 10.7. The Kier molecular flexibility index (Phi) is 3.93. The number of fused-ring (bicyclic) bond motifs is 3. The number of aliphatic hydroxyl groups is 1. The number of allylic oxidation sites excluding steroid dienone is 2. The van der Waals surface area contributed by atoms with Gasteiger partial charge in [0.15, 0.2) is 5.78 Å². The van der Waals surface area contributed by atoms with Gasteiger partial charge in [-0.15, -0.1) is 0 Å². The molecule has 3 aliphatic rings. The van der Waals surface area contributed by atoms with E-state index in [4.69, 9.17) is 4.74 Å². The number of ether oxygens (including phenoxy) is 1. The summed E-state index contributed by atoms with van der Waals surface area (Å²) < 4.78 is 5.74. The van der Waals surface area contributed by atoms with Crippen molar-refractivity contribution in [2.45, 2.75) is 70.7 Å². The summed E-state index contributed by atoms with van der Waals surface area (Å²) in [6, 6.07) is 0. The van der Waals surface area contributed by atoms with E-state index in [1.54, 1.807) is 0 Å². The predicted octanol–water partition coefficient (Wildman–Crippen LogP) is 3.73. The first kappa shape index (κ1) is 16.7. The lowest BCUT2D eigenvalue weighted by atomic mass is 9.62. The van der Waals surface area contributed by atoms with Crippen molar-refractivity contribution in [2.75, 3.05) is 0 Å². The van der Waals surface area contributed by atoms with Gasteiger partial charge in [-0.1, -0.05) is 33.1 Å². The molecule has 0 aromatic rings. The van der Waals surface area contributed by atoms with E-state index in [0.29, 0.717) is 18.8 Å². The minimum absolute atomic E-state index is 0.0736. The van der Waals surface area contributed by atoms with Crippen LogP contribution in [0.15, 0.2) is 36.0 Å². The molecule has 1 heterocycles. The van der Waals surface area contributed by atoms with Gasteiger partial charge in [0.25, 0.3) is 0 Å². The second-order valence-corrected chi connectivity index (χ2v) is 8.04. The Bertz CT molecular complexity index is 602. The number of hydrogen-bond acceptors (Lipinski definition) is 3. The largest absolute Gasteiger partial charge is 0.389 e. The highest BCUT2D eigenvalue weighted by molar-refractivity contribution is 6.05. The molecular formula is C20H28O3. The molecule has 126 valence electrons. The van der Waals surface area contributed by atoms with Crippen molar-refractivity contribution in [1.29, 1.82) is 0 Å². The van der Waals surface area contributed by atoms with Gasteiger partial charge >= 0.3 is 0 Å². The zero-order valence-electron chi connectivity index (χ0n) is 14.5. The fourth-order valence-electron chi connectivity index (χ4n) is 4.04. The molecular weight excluding hydrogens is 288 g/mol. The first-order valence-corrected chi connectivity index (χ1v) is 8.67. The summed E-state index contributed by atoms with van der Waals surface area (Å²) in [5.74, 6) is 0.496. The monoisotopic (exact) mass is 316 g/mol.